The number of halogens is 1. The van der Waals surface area contributed by atoms with Crippen molar-refractivity contribution < 1.29 is 9.53 Å². The predicted octanol–water partition coefficient (Wildman–Crippen LogP) is 6.28. The third kappa shape index (κ3) is 4.76. The topological polar surface area (TPSA) is 29.5 Å². The lowest BCUT2D eigenvalue weighted by molar-refractivity contribution is -0.0610. The fourth-order valence-electron chi connectivity index (χ4n) is 4.36. The highest BCUT2D eigenvalue weighted by Crippen LogP contribution is 2.40. The highest BCUT2D eigenvalue weighted by Gasteiger charge is 2.42. The Labute approximate surface area is 173 Å². The first kappa shape index (κ1) is 20.9. The van der Waals surface area contributed by atoms with Crippen LogP contribution in [0.15, 0.2) is 54.6 Å². The van der Waals surface area contributed by atoms with Crippen LogP contribution in [0.4, 0.5) is 0 Å². The number of rotatable bonds is 5. The predicted molar refractivity (Wildman–Crippen MR) is 115 cm³/mol. The van der Waals surface area contributed by atoms with Crippen LogP contribution in [-0.4, -0.2) is 28.5 Å². The van der Waals surface area contributed by atoms with Gasteiger partial charge in [-0.3, -0.25) is 4.90 Å². The van der Waals surface area contributed by atoms with Gasteiger partial charge in [-0.1, -0.05) is 41.9 Å². The van der Waals surface area contributed by atoms with Crippen LogP contribution < -0.4 is 0 Å². The van der Waals surface area contributed by atoms with E-state index in [2.05, 4.69) is 32.6 Å². The standard InChI is InChI=1S/C24H30ClNO2/c1-23(2)15-8-16-24(3,4)26(23)17-21(18-9-6-5-7-10-18)28-22(27)19-11-13-20(25)14-12-19/h5-7,9-14,21H,8,15-17H2,1-4H3. The van der Waals surface area contributed by atoms with Crippen LogP contribution in [-0.2, 0) is 4.74 Å². The number of carbonyl (C=O) groups is 1. The third-order valence-corrected chi connectivity index (χ3v) is 6.14. The van der Waals surface area contributed by atoms with Gasteiger partial charge in [-0.05, 0) is 76.8 Å². The van der Waals surface area contributed by atoms with Gasteiger partial charge in [0.2, 0.25) is 0 Å². The maximum atomic E-state index is 12.8. The highest BCUT2D eigenvalue weighted by molar-refractivity contribution is 6.30. The molecule has 2 aromatic carbocycles. The van der Waals surface area contributed by atoms with Crippen LogP contribution in [0.5, 0.6) is 0 Å². The summed E-state index contributed by atoms with van der Waals surface area (Å²) in [5, 5.41) is 0.605. The number of nitrogens with zero attached hydrogens (tertiary/aromatic N) is 1. The Hall–Kier alpha value is -1.84. The normalized spacial score (nSPS) is 19.8. The molecular weight excluding hydrogens is 370 g/mol. The zero-order valence-corrected chi connectivity index (χ0v) is 18.0. The Morgan fingerprint density at radius 3 is 2.14 bits per heavy atom. The van der Waals surface area contributed by atoms with Crippen molar-refractivity contribution in [2.24, 2.45) is 0 Å². The smallest absolute Gasteiger partial charge is 0.338 e. The molecule has 2 aromatic rings. The Balaban J connectivity index is 1.87. The van der Waals surface area contributed by atoms with Crippen LogP contribution in [0, 0.1) is 0 Å². The SMILES string of the molecule is CC1(C)CCCC(C)(C)N1CC(OC(=O)c1ccc(Cl)cc1)c1ccccc1. The minimum absolute atomic E-state index is 0.0570. The molecule has 1 heterocycles. The van der Waals surface area contributed by atoms with Crippen LogP contribution in [0.2, 0.25) is 5.02 Å². The first-order valence-electron chi connectivity index (χ1n) is 9.98. The monoisotopic (exact) mass is 399 g/mol. The van der Waals surface area contributed by atoms with Crippen LogP contribution in [0.25, 0.3) is 0 Å². The number of likely N-dealkylation sites (tertiary alicyclic amines) is 1. The Bertz CT molecular complexity index is 783. The molecule has 4 heteroatoms. The van der Waals surface area contributed by atoms with Crippen molar-refractivity contribution in [3.05, 3.63) is 70.7 Å². The Kier molecular flexibility index (Phi) is 6.16. The van der Waals surface area contributed by atoms with Gasteiger partial charge in [0.25, 0.3) is 0 Å². The van der Waals surface area contributed by atoms with Gasteiger partial charge in [0.05, 0.1) is 5.56 Å². The van der Waals surface area contributed by atoms with Gasteiger partial charge >= 0.3 is 5.97 Å². The molecular formula is C24H30ClNO2. The van der Waals surface area contributed by atoms with Crippen LogP contribution in [0.3, 0.4) is 0 Å². The van der Waals surface area contributed by atoms with Crippen molar-refractivity contribution in [2.75, 3.05) is 6.54 Å². The van der Waals surface area contributed by atoms with E-state index in [1.54, 1.807) is 24.3 Å². The van der Waals surface area contributed by atoms with E-state index in [0.29, 0.717) is 17.1 Å². The quantitative estimate of drug-likeness (QED) is 0.554. The van der Waals surface area contributed by atoms with E-state index < -0.39 is 0 Å². The molecule has 1 fully saturated rings. The van der Waals surface area contributed by atoms with Gasteiger partial charge in [0, 0.05) is 22.6 Å². The zero-order chi connectivity index (χ0) is 20.4. The summed E-state index contributed by atoms with van der Waals surface area (Å²) >= 11 is 5.95. The summed E-state index contributed by atoms with van der Waals surface area (Å²) in [5.74, 6) is -0.321. The molecule has 3 nitrogen and oxygen atoms in total. The van der Waals surface area contributed by atoms with Gasteiger partial charge in [-0.25, -0.2) is 4.79 Å². The average molecular weight is 400 g/mol. The molecule has 1 aliphatic rings. The Morgan fingerprint density at radius 2 is 1.57 bits per heavy atom. The number of carbonyl (C=O) groups excluding carboxylic acids is 1. The maximum Gasteiger partial charge on any atom is 0.338 e. The van der Waals surface area contributed by atoms with Crippen LogP contribution >= 0.6 is 11.6 Å². The minimum Gasteiger partial charge on any atom is -0.453 e. The molecule has 1 aliphatic heterocycles. The molecule has 1 unspecified atom stereocenters. The summed E-state index contributed by atoms with van der Waals surface area (Å²) < 4.78 is 6.03. The van der Waals surface area contributed by atoms with Crippen molar-refractivity contribution in [3.8, 4) is 0 Å². The third-order valence-electron chi connectivity index (χ3n) is 5.89. The van der Waals surface area contributed by atoms with Gasteiger partial charge in [-0.15, -0.1) is 0 Å². The second-order valence-corrected chi connectivity index (χ2v) is 9.34. The number of hydrogen-bond donors (Lipinski definition) is 0. The first-order chi connectivity index (χ1) is 13.2. The van der Waals surface area contributed by atoms with Crippen molar-refractivity contribution in [1.29, 1.82) is 0 Å². The summed E-state index contributed by atoms with van der Waals surface area (Å²) in [4.78, 5) is 15.3. The zero-order valence-electron chi connectivity index (χ0n) is 17.2. The number of ether oxygens (including phenoxy) is 1. The summed E-state index contributed by atoms with van der Waals surface area (Å²) in [6, 6.07) is 16.9. The fraction of sp³-hybridized carbons (Fsp3) is 0.458. The molecule has 0 aliphatic carbocycles. The molecule has 0 saturated carbocycles. The van der Waals surface area contributed by atoms with E-state index in [1.165, 1.54) is 6.42 Å². The molecule has 0 bridgehead atoms. The van der Waals surface area contributed by atoms with Gasteiger partial charge < -0.3 is 4.74 Å². The lowest BCUT2D eigenvalue weighted by atomic mass is 9.79. The average Bonchev–Trinajstić information content (AvgIpc) is 2.64. The van der Waals surface area contributed by atoms with E-state index in [4.69, 9.17) is 16.3 Å². The number of piperidine rings is 1. The van der Waals surface area contributed by atoms with Gasteiger partial charge in [0.15, 0.2) is 0 Å². The summed E-state index contributed by atoms with van der Waals surface area (Å²) in [6.07, 6.45) is 3.17. The van der Waals surface area contributed by atoms with Gasteiger partial charge in [0.1, 0.15) is 6.10 Å². The molecule has 0 radical (unpaired) electrons. The molecule has 150 valence electrons. The van der Waals surface area contributed by atoms with E-state index in [1.807, 2.05) is 30.3 Å². The summed E-state index contributed by atoms with van der Waals surface area (Å²) in [6.45, 7) is 9.82. The second kappa shape index (κ2) is 8.26. The molecule has 1 saturated heterocycles. The molecule has 0 amide bonds. The van der Waals surface area contributed by atoms with Crippen molar-refractivity contribution in [2.45, 2.75) is 64.1 Å². The van der Waals surface area contributed by atoms with E-state index in [0.717, 1.165) is 18.4 Å². The van der Waals surface area contributed by atoms with Crippen molar-refractivity contribution >= 4 is 17.6 Å². The van der Waals surface area contributed by atoms with Gasteiger partial charge in [-0.2, -0.15) is 0 Å². The lowest BCUT2D eigenvalue weighted by Gasteiger charge is -2.53. The summed E-state index contributed by atoms with van der Waals surface area (Å²) in [5.41, 5.74) is 1.65. The largest absolute Gasteiger partial charge is 0.453 e. The highest BCUT2D eigenvalue weighted by atomic mass is 35.5. The van der Waals surface area contributed by atoms with E-state index in [9.17, 15) is 4.79 Å². The first-order valence-corrected chi connectivity index (χ1v) is 10.4. The van der Waals surface area contributed by atoms with E-state index >= 15 is 0 Å². The van der Waals surface area contributed by atoms with Crippen molar-refractivity contribution in [1.82, 2.24) is 4.90 Å². The molecule has 28 heavy (non-hydrogen) atoms. The molecule has 1 atom stereocenters. The minimum atomic E-state index is -0.332. The molecule has 0 aromatic heterocycles. The summed E-state index contributed by atoms with van der Waals surface area (Å²) in [7, 11) is 0. The van der Waals surface area contributed by atoms with Crippen molar-refractivity contribution in [3.63, 3.8) is 0 Å². The van der Waals surface area contributed by atoms with Crippen LogP contribution in [0.1, 0.15) is 69.0 Å². The Morgan fingerprint density at radius 1 is 1.00 bits per heavy atom. The number of hydrogen-bond acceptors (Lipinski definition) is 3. The van der Waals surface area contributed by atoms with E-state index in [-0.39, 0.29) is 23.2 Å². The molecule has 0 N–H and O–H groups in total. The lowest BCUT2D eigenvalue weighted by Crippen LogP contribution is -2.59. The maximum absolute atomic E-state index is 12.8. The fourth-order valence-corrected chi connectivity index (χ4v) is 4.49. The number of esters is 1. The molecule has 3 rings (SSSR count). The second-order valence-electron chi connectivity index (χ2n) is 8.90. The molecule has 0 spiro atoms. The number of benzene rings is 2.